The van der Waals surface area contributed by atoms with E-state index in [4.69, 9.17) is 0 Å². The molecule has 150 valence electrons. The van der Waals surface area contributed by atoms with Crippen molar-refractivity contribution < 1.29 is 19.1 Å². The normalized spacial score (nSPS) is 12.6. The van der Waals surface area contributed by atoms with E-state index < -0.39 is 19.2 Å². The van der Waals surface area contributed by atoms with Crippen LogP contribution in [0.5, 0.6) is 0 Å². The first-order chi connectivity index (χ1) is 14.3. The largest absolute Gasteiger partial charge is 0.350 e. The number of benzene rings is 3. The Morgan fingerprint density at radius 3 is 2.53 bits per heavy atom. The van der Waals surface area contributed by atoms with Crippen molar-refractivity contribution in [1.82, 2.24) is 4.57 Å². The molecule has 0 spiro atoms. The van der Waals surface area contributed by atoms with E-state index in [-0.39, 0.29) is 5.56 Å². The van der Waals surface area contributed by atoms with E-state index in [0.717, 1.165) is 10.8 Å². The van der Waals surface area contributed by atoms with Crippen LogP contribution in [0.15, 0.2) is 66.9 Å². The van der Waals surface area contributed by atoms with Crippen LogP contribution in [0.2, 0.25) is 0 Å². The van der Waals surface area contributed by atoms with E-state index in [1.54, 1.807) is 35.9 Å². The van der Waals surface area contributed by atoms with Crippen LogP contribution >= 0.6 is 7.60 Å². The van der Waals surface area contributed by atoms with Gasteiger partial charge in [-0.2, -0.15) is 5.26 Å². The van der Waals surface area contributed by atoms with Crippen LogP contribution in [0.4, 0.5) is 5.69 Å². The van der Waals surface area contributed by atoms with Gasteiger partial charge in [0.25, 0.3) is 0 Å². The molecule has 0 aliphatic heterocycles. The first kappa shape index (κ1) is 19.9. The van der Waals surface area contributed by atoms with Gasteiger partial charge >= 0.3 is 7.60 Å². The lowest BCUT2D eigenvalue weighted by molar-refractivity contribution is -0.116. The Labute approximate surface area is 172 Å². The topological polar surface area (TPSA) is 115 Å². The van der Waals surface area contributed by atoms with Crippen molar-refractivity contribution in [3.63, 3.8) is 0 Å². The summed E-state index contributed by atoms with van der Waals surface area (Å²) in [5, 5.41) is 14.2. The molecule has 1 unspecified atom stereocenters. The van der Waals surface area contributed by atoms with Crippen LogP contribution in [0.1, 0.15) is 16.8 Å². The third-order valence-electron chi connectivity index (χ3n) is 5.05. The van der Waals surface area contributed by atoms with Crippen LogP contribution < -0.4 is 5.32 Å². The fourth-order valence-electron chi connectivity index (χ4n) is 3.66. The van der Waals surface area contributed by atoms with E-state index in [0.29, 0.717) is 22.2 Å². The maximum Gasteiger partial charge on any atom is 0.342 e. The molecule has 1 amide bonds. The van der Waals surface area contributed by atoms with E-state index in [1.165, 1.54) is 12.3 Å². The van der Waals surface area contributed by atoms with Gasteiger partial charge in [-0.15, -0.1) is 0 Å². The Balaban J connectivity index is 1.78. The average molecular weight is 419 g/mol. The highest BCUT2D eigenvalue weighted by Gasteiger charge is 2.39. The van der Waals surface area contributed by atoms with Crippen molar-refractivity contribution in [3.05, 3.63) is 78.0 Å². The van der Waals surface area contributed by atoms with Gasteiger partial charge in [0.2, 0.25) is 5.91 Å². The number of fused-ring (bicyclic) bond motifs is 2. The minimum Gasteiger partial charge on any atom is -0.350 e. The van der Waals surface area contributed by atoms with Gasteiger partial charge in [0.05, 0.1) is 11.6 Å². The molecule has 0 radical (unpaired) electrons. The molecular weight excluding hydrogens is 401 g/mol. The number of nitriles is 1. The summed E-state index contributed by atoms with van der Waals surface area (Å²) < 4.78 is 14.0. The van der Waals surface area contributed by atoms with Gasteiger partial charge < -0.3 is 19.7 Å². The molecule has 3 aromatic carbocycles. The Morgan fingerprint density at radius 1 is 1.10 bits per heavy atom. The van der Waals surface area contributed by atoms with Gasteiger partial charge in [-0.1, -0.05) is 30.3 Å². The predicted octanol–water partition coefficient (Wildman–Crippen LogP) is 4.06. The zero-order valence-corrected chi connectivity index (χ0v) is 16.9. The Morgan fingerprint density at radius 2 is 1.83 bits per heavy atom. The van der Waals surface area contributed by atoms with Gasteiger partial charge in [-0.25, -0.2) is 0 Å². The van der Waals surface area contributed by atoms with E-state index in [9.17, 15) is 24.4 Å². The number of carbonyl (C=O) groups excluding carboxylic acids is 1. The van der Waals surface area contributed by atoms with Crippen molar-refractivity contribution in [2.75, 3.05) is 5.32 Å². The molecule has 1 heterocycles. The molecule has 1 atom stereocenters. The number of hydrogen-bond acceptors (Lipinski definition) is 3. The van der Waals surface area contributed by atoms with E-state index in [2.05, 4.69) is 5.32 Å². The molecular formula is C22H18N3O4P. The maximum absolute atomic E-state index is 13.0. The summed E-state index contributed by atoms with van der Waals surface area (Å²) in [5.74, 6) is -0.812. The lowest BCUT2D eigenvalue weighted by atomic mass is 10.1. The van der Waals surface area contributed by atoms with Gasteiger partial charge in [0.1, 0.15) is 0 Å². The lowest BCUT2D eigenvalue weighted by Gasteiger charge is -2.18. The highest BCUT2D eigenvalue weighted by molar-refractivity contribution is 7.53. The highest BCUT2D eigenvalue weighted by atomic mass is 31.2. The minimum atomic E-state index is -4.86. The first-order valence-electron chi connectivity index (χ1n) is 9.12. The van der Waals surface area contributed by atoms with Crippen molar-refractivity contribution in [2.45, 2.75) is 5.66 Å². The third kappa shape index (κ3) is 3.60. The summed E-state index contributed by atoms with van der Waals surface area (Å²) in [6, 6.07) is 19.7. The number of anilines is 1. The average Bonchev–Trinajstić information content (AvgIpc) is 3.02. The van der Waals surface area contributed by atoms with Crippen LogP contribution in [0.3, 0.4) is 0 Å². The van der Waals surface area contributed by atoms with Gasteiger partial charge in [-0.3, -0.25) is 9.36 Å². The predicted molar refractivity (Wildman–Crippen MR) is 115 cm³/mol. The molecule has 3 N–H and O–H groups in total. The number of nitrogens with one attached hydrogen (secondary N) is 1. The molecule has 4 aromatic rings. The second-order valence-electron chi connectivity index (χ2n) is 7.08. The number of carbonyl (C=O) groups is 1. The number of amides is 1. The van der Waals surface area contributed by atoms with Gasteiger partial charge in [0, 0.05) is 35.4 Å². The summed E-state index contributed by atoms with van der Waals surface area (Å²) >= 11 is 0. The SMILES string of the molecule is Cn1cc(C(C(=O)Nc2ccc3ccccc3c2)P(=O)(O)O)c2cc(C#N)ccc21. The Hall–Kier alpha value is -3.43. The highest BCUT2D eigenvalue weighted by Crippen LogP contribution is 2.54. The quantitative estimate of drug-likeness (QED) is 0.432. The fraction of sp³-hybridized carbons (Fsp3) is 0.0909. The first-order valence-corrected chi connectivity index (χ1v) is 10.8. The van der Waals surface area contributed by atoms with Gasteiger partial charge in [0.15, 0.2) is 5.66 Å². The maximum atomic E-state index is 13.0. The summed E-state index contributed by atoms with van der Waals surface area (Å²) in [4.78, 5) is 33.1. The monoisotopic (exact) mass is 419 g/mol. The van der Waals surface area contributed by atoms with Crippen molar-refractivity contribution in [1.29, 1.82) is 5.26 Å². The molecule has 8 heteroatoms. The molecule has 0 aliphatic rings. The standard InChI is InChI=1S/C22H18N3O4P/c1-25-13-19(18-10-14(12-23)6-9-20(18)25)21(30(27,28)29)22(26)24-17-8-7-15-4-2-3-5-16(15)11-17/h2-11,13,21H,1H3,(H,24,26)(H2,27,28,29). The van der Waals surface area contributed by atoms with Crippen LogP contribution in [-0.2, 0) is 16.4 Å². The van der Waals surface area contributed by atoms with Crippen LogP contribution in [0.25, 0.3) is 21.7 Å². The Kier molecular flexibility index (Phi) is 4.92. The zero-order valence-electron chi connectivity index (χ0n) is 16.0. The minimum absolute atomic E-state index is 0.177. The summed E-state index contributed by atoms with van der Waals surface area (Å²) in [7, 11) is -3.14. The molecule has 0 saturated heterocycles. The second kappa shape index (κ2) is 7.43. The molecule has 0 bridgehead atoms. The van der Waals surface area contributed by atoms with Crippen molar-refractivity contribution >= 4 is 40.9 Å². The molecule has 0 aliphatic carbocycles. The summed E-state index contributed by atoms with van der Waals surface area (Å²) in [6.07, 6.45) is 1.52. The summed E-state index contributed by atoms with van der Waals surface area (Å²) in [6.45, 7) is 0. The Bertz CT molecular complexity index is 1380. The molecule has 1 aromatic heterocycles. The second-order valence-corrected chi connectivity index (χ2v) is 8.78. The third-order valence-corrected chi connectivity index (χ3v) is 6.23. The van der Waals surface area contributed by atoms with Crippen molar-refractivity contribution in [2.24, 2.45) is 7.05 Å². The number of nitrogens with zero attached hydrogens (tertiary/aromatic N) is 2. The smallest absolute Gasteiger partial charge is 0.342 e. The lowest BCUT2D eigenvalue weighted by Crippen LogP contribution is -2.21. The molecule has 0 fully saturated rings. The van der Waals surface area contributed by atoms with Crippen LogP contribution in [-0.4, -0.2) is 20.3 Å². The number of hydrogen-bond donors (Lipinski definition) is 3. The number of rotatable bonds is 4. The number of aromatic nitrogens is 1. The molecule has 30 heavy (non-hydrogen) atoms. The molecule has 7 nitrogen and oxygen atoms in total. The fourth-order valence-corrected chi connectivity index (χ4v) is 4.60. The van der Waals surface area contributed by atoms with Gasteiger partial charge in [-0.05, 0) is 41.1 Å². The zero-order chi connectivity index (χ0) is 21.5. The van der Waals surface area contributed by atoms with E-state index >= 15 is 0 Å². The number of aryl methyl sites for hydroxylation is 1. The van der Waals surface area contributed by atoms with Crippen LogP contribution in [0, 0.1) is 11.3 Å². The summed E-state index contributed by atoms with van der Waals surface area (Å²) in [5.41, 5.74) is -0.0803. The van der Waals surface area contributed by atoms with E-state index in [1.807, 2.05) is 36.4 Å². The molecule has 0 saturated carbocycles. The molecule has 4 rings (SSSR count). The van der Waals surface area contributed by atoms with Crippen molar-refractivity contribution in [3.8, 4) is 6.07 Å².